The van der Waals surface area contributed by atoms with Crippen LogP contribution in [0.5, 0.6) is 0 Å². The molecule has 2 aromatic rings. The van der Waals surface area contributed by atoms with E-state index >= 15 is 0 Å². The van der Waals surface area contributed by atoms with Crippen LogP contribution >= 0.6 is 0 Å². The molecule has 3 rings (SSSR count). The molecule has 1 fully saturated rings. The maximum atomic E-state index is 12.9. The monoisotopic (exact) mass is 337 g/mol. The van der Waals surface area contributed by atoms with Crippen LogP contribution in [0.4, 0.5) is 5.69 Å². The highest BCUT2D eigenvalue weighted by atomic mass is 16.2. The molecule has 0 radical (unpaired) electrons. The summed E-state index contributed by atoms with van der Waals surface area (Å²) in [6, 6.07) is 18.4. The average Bonchev–Trinajstić information content (AvgIpc) is 2.87. The Balaban J connectivity index is 1.62. The van der Waals surface area contributed by atoms with Crippen molar-refractivity contribution >= 4 is 11.6 Å². The lowest BCUT2D eigenvalue weighted by atomic mass is 10.1. The van der Waals surface area contributed by atoms with Crippen LogP contribution in [0, 0.1) is 0 Å². The fraction of sp³-hybridized carbons (Fsp3) is 0.381. The van der Waals surface area contributed by atoms with E-state index in [4.69, 9.17) is 0 Å². The van der Waals surface area contributed by atoms with Gasteiger partial charge in [-0.1, -0.05) is 36.4 Å². The summed E-state index contributed by atoms with van der Waals surface area (Å²) in [4.78, 5) is 19.4. The fourth-order valence-electron chi connectivity index (χ4n) is 3.27. The summed E-state index contributed by atoms with van der Waals surface area (Å²) in [5.41, 5.74) is 3.18. The zero-order valence-electron chi connectivity index (χ0n) is 15.2. The molecular formula is C21H27N3O. The van der Waals surface area contributed by atoms with Crippen LogP contribution in [0.1, 0.15) is 22.3 Å². The van der Waals surface area contributed by atoms with Gasteiger partial charge in [-0.25, -0.2) is 0 Å². The highest BCUT2D eigenvalue weighted by Gasteiger charge is 2.20. The first-order chi connectivity index (χ1) is 12.1. The largest absolute Gasteiger partial charge is 0.378 e. The molecular weight excluding hydrogens is 310 g/mol. The molecule has 0 saturated carbocycles. The lowest BCUT2D eigenvalue weighted by Gasteiger charge is -2.23. The molecule has 0 N–H and O–H groups in total. The zero-order valence-corrected chi connectivity index (χ0v) is 15.2. The van der Waals surface area contributed by atoms with Crippen molar-refractivity contribution in [3.8, 4) is 0 Å². The Morgan fingerprint density at radius 2 is 1.76 bits per heavy atom. The van der Waals surface area contributed by atoms with Gasteiger partial charge in [-0.05, 0) is 30.2 Å². The molecule has 0 unspecified atom stereocenters. The van der Waals surface area contributed by atoms with Crippen molar-refractivity contribution in [1.29, 1.82) is 0 Å². The van der Waals surface area contributed by atoms with E-state index in [1.807, 2.05) is 54.2 Å². The second-order valence-electron chi connectivity index (χ2n) is 6.85. The van der Waals surface area contributed by atoms with Crippen LogP contribution in [0.3, 0.4) is 0 Å². The smallest absolute Gasteiger partial charge is 0.253 e. The van der Waals surface area contributed by atoms with Gasteiger partial charge in [0.1, 0.15) is 0 Å². The maximum absolute atomic E-state index is 12.9. The number of benzene rings is 2. The van der Waals surface area contributed by atoms with Crippen LogP contribution < -0.4 is 4.90 Å². The molecule has 2 aromatic carbocycles. The van der Waals surface area contributed by atoms with Crippen molar-refractivity contribution in [1.82, 2.24) is 9.80 Å². The number of carbonyl (C=O) groups is 1. The third-order valence-corrected chi connectivity index (χ3v) is 4.73. The molecule has 1 saturated heterocycles. The summed E-state index contributed by atoms with van der Waals surface area (Å²) < 4.78 is 0. The first kappa shape index (κ1) is 17.5. The lowest BCUT2D eigenvalue weighted by Crippen LogP contribution is -2.35. The van der Waals surface area contributed by atoms with Gasteiger partial charge in [-0.15, -0.1) is 0 Å². The summed E-state index contributed by atoms with van der Waals surface area (Å²) >= 11 is 0. The molecule has 4 nitrogen and oxygen atoms in total. The van der Waals surface area contributed by atoms with Crippen molar-refractivity contribution in [3.63, 3.8) is 0 Å². The summed E-state index contributed by atoms with van der Waals surface area (Å²) in [6.45, 7) is 4.54. The van der Waals surface area contributed by atoms with Crippen LogP contribution in [0.15, 0.2) is 54.6 Å². The van der Waals surface area contributed by atoms with E-state index in [0.717, 1.165) is 50.4 Å². The summed E-state index contributed by atoms with van der Waals surface area (Å²) in [5.74, 6) is 0.144. The zero-order chi connectivity index (χ0) is 17.6. The molecule has 25 heavy (non-hydrogen) atoms. The van der Waals surface area contributed by atoms with E-state index in [1.165, 1.54) is 5.56 Å². The first-order valence-electron chi connectivity index (χ1n) is 8.96. The van der Waals surface area contributed by atoms with Crippen LogP contribution in [0.2, 0.25) is 0 Å². The number of rotatable bonds is 4. The van der Waals surface area contributed by atoms with E-state index in [-0.39, 0.29) is 5.91 Å². The van der Waals surface area contributed by atoms with Gasteiger partial charge in [0.15, 0.2) is 0 Å². The molecule has 0 aliphatic carbocycles. The van der Waals surface area contributed by atoms with Crippen molar-refractivity contribution in [2.75, 3.05) is 45.2 Å². The van der Waals surface area contributed by atoms with Gasteiger partial charge in [0.05, 0.1) is 0 Å². The Labute approximate surface area is 150 Å². The summed E-state index contributed by atoms with van der Waals surface area (Å²) in [6.07, 6.45) is 1.02. The molecule has 0 bridgehead atoms. The molecule has 4 heteroatoms. The minimum Gasteiger partial charge on any atom is -0.378 e. The molecule has 0 spiro atoms. The van der Waals surface area contributed by atoms with Gasteiger partial charge in [0.2, 0.25) is 0 Å². The number of nitrogens with zero attached hydrogens (tertiary/aromatic N) is 3. The van der Waals surface area contributed by atoms with Gasteiger partial charge in [-0.2, -0.15) is 0 Å². The van der Waals surface area contributed by atoms with Crippen LogP contribution in [0.25, 0.3) is 0 Å². The van der Waals surface area contributed by atoms with Crippen LogP contribution in [-0.4, -0.2) is 56.0 Å². The Bertz CT molecular complexity index is 699. The van der Waals surface area contributed by atoms with Crippen LogP contribution in [-0.2, 0) is 6.54 Å². The normalized spacial score (nSPS) is 15.7. The number of hydrogen-bond acceptors (Lipinski definition) is 3. The van der Waals surface area contributed by atoms with Gasteiger partial charge in [0, 0.05) is 58.1 Å². The Morgan fingerprint density at radius 3 is 2.52 bits per heavy atom. The fourth-order valence-corrected chi connectivity index (χ4v) is 3.27. The van der Waals surface area contributed by atoms with Crippen molar-refractivity contribution < 1.29 is 4.79 Å². The van der Waals surface area contributed by atoms with E-state index in [0.29, 0.717) is 0 Å². The van der Waals surface area contributed by atoms with E-state index < -0.39 is 0 Å². The van der Waals surface area contributed by atoms with Gasteiger partial charge >= 0.3 is 0 Å². The Hall–Kier alpha value is -2.33. The molecule has 1 amide bonds. The molecule has 0 aromatic heterocycles. The van der Waals surface area contributed by atoms with Crippen molar-refractivity contribution in [2.45, 2.75) is 13.0 Å². The minimum atomic E-state index is 0.144. The topological polar surface area (TPSA) is 26.8 Å². The second-order valence-corrected chi connectivity index (χ2v) is 6.85. The third kappa shape index (κ3) is 4.60. The Morgan fingerprint density at radius 1 is 0.960 bits per heavy atom. The van der Waals surface area contributed by atoms with Crippen molar-refractivity contribution in [3.05, 3.63) is 65.7 Å². The molecule has 132 valence electrons. The van der Waals surface area contributed by atoms with Gasteiger partial charge in [-0.3, -0.25) is 9.69 Å². The standard InChI is InChI=1S/C21H27N3O/c1-22(2)20-11-6-10-19(16-20)21(25)24-13-7-12-23(14-15-24)17-18-8-4-3-5-9-18/h3-6,8-11,16H,7,12-15,17H2,1-2H3. The van der Waals surface area contributed by atoms with Crippen molar-refractivity contribution in [2.24, 2.45) is 0 Å². The first-order valence-corrected chi connectivity index (χ1v) is 8.96. The molecule has 1 aliphatic heterocycles. The summed E-state index contributed by atoms with van der Waals surface area (Å²) in [7, 11) is 3.99. The highest BCUT2D eigenvalue weighted by Crippen LogP contribution is 2.16. The summed E-state index contributed by atoms with van der Waals surface area (Å²) in [5, 5.41) is 0. The second kappa shape index (κ2) is 8.17. The molecule has 0 atom stereocenters. The minimum absolute atomic E-state index is 0.144. The molecule has 1 aliphatic rings. The number of anilines is 1. The maximum Gasteiger partial charge on any atom is 0.253 e. The number of hydrogen-bond donors (Lipinski definition) is 0. The SMILES string of the molecule is CN(C)c1cccc(C(=O)N2CCCN(Cc3ccccc3)CC2)c1. The lowest BCUT2D eigenvalue weighted by molar-refractivity contribution is 0.0761. The predicted molar refractivity (Wildman–Crippen MR) is 103 cm³/mol. The van der Waals surface area contributed by atoms with E-state index in [1.54, 1.807) is 0 Å². The average molecular weight is 337 g/mol. The van der Waals surface area contributed by atoms with E-state index in [2.05, 4.69) is 29.2 Å². The van der Waals surface area contributed by atoms with Gasteiger partial charge in [0.25, 0.3) is 5.91 Å². The number of carbonyl (C=O) groups excluding carboxylic acids is 1. The quantitative estimate of drug-likeness (QED) is 0.858. The molecule has 1 heterocycles. The highest BCUT2D eigenvalue weighted by molar-refractivity contribution is 5.95. The third-order valence-electron chi connectivity index (χ3n) is 4.73. The van der Waals surface area contributed by atoms with E-state index in [9.17, 15) is 4.79 Å². The predicted octanol–water partition coefficient (Wildman–Crippen LogP) is 3.10. The Kier molecular flexibility index (Phi) is 5.71. The number of amides is 1. The van der Waals surface area contributed by atoms with Gasteiger partial charge < -0.3 is 9.80 Å².